The van der Waals surface area contributed by atoms with E-state index < -0.39 is 0 Å². The maximum Gasteiger partial charge on any atom is 0.126 e. The Morgan fingerprint density at radius 1 is 1.36 bits per heavy atom. The fraction of sp³-hybridized carbons (Fsp3) is 0.583. The summed E-state index contributed by atoms with van der Waals surface area (Å²) in [7, 11) is 0. The second kappa shape index (κ2) is 4.99. The molecule has 14 heavy (non-hydrogen) atoms. The maximum atomic E-state index is 4.32. The first-order chi connectivity index (χ1) is 6.63. The topological polar surface area (TPSA) is 24.9 Å². The number of rotatable bonds is 4. The smallest absolute Gasteiger partial charge is 0.126 e. The standard InChI is InChI=1S/C12H20N2/c1-5-10(3)11(4)14-12-7-6-9(2)8-13-12/h6-8,10-11H,5H2,1-4H3,(H,13,14). The molecule has 0 saturated carbocycles. The molecule has 0 aliphatic rings. The predicted octanol–water partition coefficient (Wildman–Crippen LogP) is 3.24. The molecule has 0 aliphatic heterocycles. The van der Waals surface area contributed by atoms with Crippen LogP contribution in [0.4, 0.5) is 5.82 Å². The lowest BCUT2D eigenvalue weighted by molar-refractivity contribution is 0.493. The van der Waals surface area contributed by atoms with Crippen LogP contribution in [0.3, 0.4) is 0 Å². The van der Waals surface area contributed by atoms with Crippen LogP contribution in [0.25, 0.3) is 0 Å². The van der Waals surface area contributed by atoms with Gasteiger partial charge < -0.3 is 5.32 Å². The van der Waals surface area contributed by atoms with Crippen LogP contribution in [-0.2, 0) is 0 Å². The van der Waals surface area contributed by atoms with Crippen LogP contribution in [0, 0.1) is 12.8 Å². The molecule has 2 atom stereocenters. The molecule has 0 bridgehead atoms. The molecule has 0 saturated heterocycles. The lowest BCUT2D eigenvalue weighted by atomic mass is 10.0. The Morgan fingerprint density at radius 3 is 2.57 bits per heavy atom. The summed E-state index contributed by atoms with van der Waals surface area (Å²) >= 11 is 0. The average molecular weight is 192 g/mol. The van der Waals surface area contributed by atoms with E-state index in [4.69, 9.17) is 0 Å². The summed E-state index contributed by atoms with van der Waals surface area (Å²) in [6.45, 7) is 8.72. The fourth-order valence-corrected chi connectivity index (χ4v) is 1.28. The lowest BCUT2D eigenvalue weighted by Crippen LogP contribution is -2.23. The van der Waals surface area contributed by atoms with Crippen LogP contribution >= 0.6 is 0 Å². The Kier molecular flexibility index (Phi) is 3.93. The zero-order valence-electron chi connectivity index (χ0n) is 9.54. The normalized spacial score (nSPS) is 14.9. The second-order valence-corrected chi connectivity index (χ2v) is 4.04. The van der Waals surface area contributed by atoms with Crippen LogP contribution in [0.2, 0.25) is 0 Å². The summed E-state index contributed by atoms with van der Waals surface area (Å²) in [4.78, 5) is 4.32. The summed E-state index contributed by atoms with van der Waals surface area (Å²) in [5.41, 5.74) is 1.20. The Bertz CT molecular complexity index is 266. The number of hydrogen-bond acceptors (Lipinski definition) is 2. The van der Waals surface area contributed by atoms with Gasteiger partial charge in [0.05, 0.1) is 0 Å². The number of nitrogens with one attached hydrogen (secondary N) is 1. The van der Waals surface area contributed by atoms with Gasteiger partial charge in [-0.2, -0.15) is 0 Å². The molecule has 0 aromatic carbocycles. The monoisotopic (exact) mass is 192 g/mol. The number of aryl methyl sites for hydroxylation is 1. The van der Waals surface area contributed by atoms with Crippen molar-refractivity contribution in [2.45, 2.75) is 40.2 Å². The first-order valence-electron chi connectivity index (χ1n) is 5.32. The van der Waals surface area contributed by atoms with Crippen LogP contribution in [-0.4, -0.2) is 11.0 Å². The van der Waals surface area contributed by atoms with Gasteiger partial charge >= 0.3 is 0 Å². The van der Waals surface area contributed by atoms with Crippen molar-refractivity contribution in [3.05, 3.63) is 23.9 Å². The highest BCUT2D eigenvalue weighted by Gasteiger charge is 2.09. The third-order valence-electron chi connectivity index (χ3n) is 2.78. The van der Waals surface area contributed by atoms with Gasteiger partial charge in [0.25, 0.3) is 0 Å². The van der Waals surface area contributed by atoms with Crippen molar-refractivity contribution >= 4 is 5.82 Å². The van der Waals surface area contributed by atoms with Crippen molar-refractivity contribution in [1.82, 2.24) is 4.98 Å². The van der Waals surface area contributed by atoms with E-state index in [0.29, 0.717) is 12.0 Å². The van der Waals surface area contributed by atoms with Gasteiger partial charge in [-0.05, 0) is 31.4 Å². The molecule has 1 rings (SSSR count). The quantitative estimate of drug-likeness (QED) is 0.792. The molecule has 0 radical (unpaired) electrons. The highest BCUT2D eigenvalue weighted by molar-refractivity contribution is 5.36. The molecule has 1 aromatic heterocycles. The molecular formula is C12H20N2. The Balaban J connectivity index is 2.56. The minimum Gasteiger partial charge on any atom is -0.367 e. The predicted molar refractivity (Wildman–Crippen MR) is 61.5 cm³/mol. The van der Waals surface area contributed by atoms with Crippen molar-refractivity contribution in [2.24, 2.45) is 5.92 Å². The van der Waals surface area contributed by atoms with E-state index in [1.807, 2.05) is 12.3 Å². The van der Waals surface area contributed by atoms with Crippen molar-refractivity contribution in [3.63, 3.8) is 0 Å². The maximum absolute atomic E-state index is 4.32. The number of aromatic nitrogens is 1. The summed E-state index contributed by atoms with van der Waals surface area (Å²) in [5.74, 6) is 1.65. The molecule has 1 aromatic rings. The van der Waals surface area contributed by atoms with E-state index in [0.717, 1.165) is 5.82 Å². The van der Waals surface area contributed by atoms with Gasteiger partial charge in [-0.1, -0.05) is 26.3 Å². The van der Waals surface area contributed by atoms with Gasteiger partial charge in [-0.15, -0.1) is 0 Å². The minimum atomic E-state index is 0.482. The van der Waals surface area contributed by atoms with Gasteiger partial charge in [0.1, 0.15) is 5.82 Å². The minimum absolute atomic E-state index is 0.482. The van der Waals surface area contributed by atoms with E-state index >= 15 is 0 Å². The van der Waals surface area contributed by atoms with Crippen molar-refractivity contribution in [1.29, 1.82) is 0 Å². The van der Waals surface area contributed by atoms with Crippen molar-refractivity contribution in [2.75, 3.05) is 5.32 Å². The number of nitrogens with zero attached hydrogens (tertiary/aromatic N) is 1. The highest BCUT2D eigenvalue weighted by atomic mass is 15.0. The first kappa shape index (κ1) is 11.0. The van der Waals surface area contributed by atoms with Gasteiger partial charge in [0, 0.05) is 12.2 Å². The number of hydrogen-bond donors (Lipinski definition) is 1. The van der Waals surface area contributed by atoms with E-state index in [2.05, 4.69) is 44.1 Å². The summed E-state index contributed by atoms with van der Waals surface area (Å²) in [6, 6.07) is 4.60. The third kappa shape index (κ3) is 3.02. The number of pyridine rings is 1. The van der Waals surface area contributed by atoms with Gasteiger partial charge in [-0.25, -0.2) is 4.98 Å². The van der Waals surface area contributed by atoms with E-state index in [1.165, 1.54) is 12.0 Å². The Morgan fingerprint density at radius 2 is 2.07 bits per heavy atom. The molecular weight excluding hydrogens is 172 g/mol. The van der Waals surface area contributed by atoms with Crippen LogP contribution in [0.15, 0.2) is 18.3 Å². The van der Waals surface area contributed by atoms with Gasteiger partial charge in [0.15, 0.2) is 0 Å². The summed E-state index contributed by atoms with van der Waals surface area (Å²) in [5, 5.41) is 3.41. The molecule has 0 spiro atoms. The molecule has 0 amide bonds. The van der Waals surface area contributed by atoms with Gasteiger partial charge in [-0.3, -0.25) is 0 Å². The highest BCUT2D eigenvalue weighted by Crippen LogP contribution is 2.12. The fourth-order valence-electron chi connectivity index (χ4n) is 1.28. The summed E-state index contributed by atoms with van der Waals surface area (Å²) < 4.78 is 0. The van der Waals surface area contributed by atoms with E-state index in [9.17, 15) is 0 Å². The first-order valence-corrected chi connectivity index (χ1v) is 5.32. The molecule has 2 unspecified atom stereocenters. The number of anilines is 1. The molecule has 0 aliphatic carbocycles. The van der Waals surface area contributed by atoms with E-state index in [-0.39, 0.29) is 0 Å². The third-order valence-corrected chi connectivity index (χ3v) is 2.78. The molecule has 78 valence electrons. The second-order valence-electron chi connectivity index (χ2n) is 4.04. The van der Waals surface area contributed by atoms with E-state index in [1.54, 1.807) is 0 Å². The van der Waals surface area contributed by atoms with Crippen molar-refractivity contribution < 1.29 is 0 Å². The Labute approximate surface area is 86.8 Å². The largest absolute Gasteiger partial charge is 0.367 e. The molecule has 2 heteroatoms. The molecule has 1 heterocycles. The zero-order valence-corrected chi connectivity index (χ0v) is 9.54. The summed E-state index contributed by atoms with van der Waals surface area (Å²) in [6.07, 6.45) is 3.09. The van der Waals surface area contributed by atoms with Gasteiger partial charge in [0.2, 0.25) is 0 Å². The molecule has 1 N–H and O–H groups in total. The van der Waals surface area contributed by atoms with Crippen LogP contribution in [0.5, 0.6) is 0 Å². The molecule has 0 fully saturated rings. The average Bonchev–Trinajstić information content (AvgIpc) is 2.20. The lowest BCUT2D eigenvalue weighted by Gasteiger charge is -2.20. The molecule has 2 nitrogen and oxygen atoms in total. The van der Waals surface area contributed by atoms with Crippen LogP contribution < -0.4 is 5.32 Å². The zero-order chi connectivity index (χ0) is 10.6. The SMILES string of the molecule is CCC(C)C(C)Nc1ccc(C)cn1. The van der Waals surface area contributed by atoms with Crippen molar-refractivity contribution in [3.8, 4) is 0 Å². The Hall–Kier alpha value is -1.05. The van der Waals surface area contributed by atoms with Crippen LogP contribution in [0.1, 0.15) is 32.8 Å².